The maximum Gasteiger partial charge on any atom is 0.243 e. The number of rotatable bonds is 8. The minimum absolute atomic E-state index is 0.0693. The van der Waals surface area contributed by atoms with Gasteiger partial charge in [0, 0.05) is 13.1 Å². The van der Waals surface area contributed by atoms with Gasteiger partial charge in [0.15, 0.2) is 0 Å². The van der Waals surface area contributed by atoms with Crippen molar-refractivity contribution in [3.05, 3.63) is 24.3 Å². The second-order valence-electron chi connectivity index (χ2n) is 4.04. The highest BCUT2D eigenvalue weighted by atomic mass is 32.2. The molecule has 1 N–H and O–H groups in total. The zero-order valence-electron chi connectivity index (χ0n) is 11.4. The van der Waals surface area contributed by atoms with E-state index in [0.29, 0.717) is 18.8 Å². The second kappa shape index (κ2) is 7.47. The standard InChI is InChI=1S/C13H21NO4S/c1-3-9-14(4-2)19(16,17)13-7-5-12(6-8-13)18-11-10-15/h5-8,15H,3-4,9-11H2,1-2H3. The number of hydrogen-bond acceptors (Lipinski definition) is 4. The van der Waals surface area contributed by atoms with Crippen molar-refractivity contribution in [1.29, 1.82) is 0 Å². The van der Waals surface area contributed by atoms with E-state index in [2.05, 4.69) is 0 Å². The molecule has 0 spiro atoms. The molecule has 0 heterocycles. The summed E-state index contributed by atoms with van der Waals surface area (Å²) in [5.41, 5.74) is 0. The maximum absolute atomic E-state index is 12.3. The summed E-state index contributed by atoms with van der Waals surface area (Å²) in [5.74, 6) is 0.548. The van der Waals surface area contributed by atoms with Crippen LogP contribution in [0.5, 0.6) is 5.75 Å². The Balaban J connectivity index is 2.89. The lowest BCUT2D eigenvalue weighted by atomic mass is 10.3. The highest BCUT2D eigenvalue weighted by molar-refractivity contribution is 7.89. The van der Waals surface area contributed by atoms with Crippen LogP contribution in [0, 0.1) is 0 Å². The summed E-state index contributed by atoms with van der Waals surface area (Å²) in [7, 11) is -3.42. The molecule has 0 amide bonds. The van der Waals surface area contributed by atoms with E-state index < -0.39 is 10.0 Å². The minimum atomic E-state index is -3.42. The Hall–Kier alpha value is -1.11. The van der Waals surface area contributed by atoms with E-state index in [1.165, 1.54) is 16.4 Å². The van der Waals surface area contributed by atoms with Crippen LogP contribution in [0.4, 0.5) is 0 Å². The van der Waals surface area contributed by atoms with Crippen molar-refractivity contribution in [2.75, 3.05) is 26.3 Å². The van der Waals surface area contributed by atoms with Gasteiger partial charge in [0.2, 0.25) is 10.0 Å². The molecule has 1 rings (SSSR count). The number of benzene rings is 1. The van der Waals surface area contributed by atoms with Crippen LogP contribution in [0.25, 0.3) is 0 Å². The van der Waals surface area contributed by atoms with Gasteiger partial charge in [0.05, 0.1) is 11.5 Å². The van der Waals surface area contributed by atoms with Crippen molar-refractivity contribution in [2.45, 2.75) is 25.2 Å². The van der Waals surface area contributed by atoms with Gasteiger partial charge >= 0.3 is 0 Å². The van der Waals surface area contributed by atoms with Gasteiger partial charge in [-0.2, -0.15) is 4.31 Å². The van der Waals surface area contributed by atoms with Crippen LogP contribution in [0.1, 0.15) is 20.3 Å². The normalized spacial score (nSPS) is 11.8. The van der Waals surface area contributed by atoms with E-state index in [-0.39, 0.29) is 18.1 Å². The van der Waals surface area contributed by atoms with Crippen LogP contribution >= 0.6 is 0 Å². The Kier molecular flexibility index (Phi) is 6.27. The second-order valence-corrected chi connectivity index (χ2v) is 5.98. The Morgan fingerprint density at radius 3 is 2.32 bits per heavy atom. The number of sulfonamides is 1. The molecule has 0 bridgehead atoms. The number of aliphatic hydroxyl groups is 1. The lowest BCUT2D eigenvalue weighted by molar-refractivity contribution is 0.201. The van der Waals surface area contributed by atoms with Crippen molar-refractivity contribution >= 4 is 10.0 Å². The Labute approximate surface area is 114 Å². The van der Waals surface area contributed by atoms with E-state index in [9.17, 15) is 8.42 Å². The molecule has 108 valence electrons. The van der Waals surface area contributed by atoms with Crippen LogP contribution in [0.3, 0.4) is 0 Å². The SMILES string of the molecule is CCCN(CC)S(=O)(=O)c1ccc(OCCO)cc1. The van der Waals surface area contributed by atoms with E-state index >= 15 is 0 Å². The van der Waals surface area contributed by atoms with E-state index in [4.69, 9.17) is 9.84 Å². The van der Waals surface area contributed by atoms with Crippen molar-refractivity contribution in [3.63, 3.8) is 0 Å². The van der Waals surface area contributed by atoms with Crippen molar-refractivity contribution in [1.82, 2.24) is 4.31 Å². The van der Waals surface area contributed by atoms with Gasteiger partial charge in [0.1, 0.15) is 12.4 Å². The highest BCUT2D eigenvalue weighted by Gasteiger charge is 2.21. The average Bonchev–Trinajstić information content (AvgIpc) is 2.42. The predicted molar refractivity (Wildman–Crippen MR) is 73.7 cm³/mol. The molecular weight excluding hydrogens is 266 g/mol. The molecule has 19 heavy (non-hydrogen) atoms. The van der Waals surface area contributed by atoms with E-state index in [1.54, 1.807) is 12.1 Å². The number of hydrogen-bond donors (Lipinski definition) is 1. The zero-order chi connectivity index (χ0) is 14.3. The van der Waals surface area contributed by atoms with Crippen molar-refractivity contribution in [2.24, 2.45) is 0 Å². The fraction of sp³-hybridized carbons (Fsp3) is 0.538. The van der Waals surface area contributed by atoms with Gasteiger partial charge in [-0.05, 0) is 30.7 Å². The molecule has 0 unspecified atom stereocenters. The highest BCUT2D eigenvalue weighted by Crippen LogP contribution is 2.19. The predicted octanol–water partition coefficient (Wildman–Crippen LogP) is 1.48. The van der Waals surface area contributed by atoms with Crippen molar-refractivity contribution in [3.8, 4) is 5.75 Å². The topological polar surface area (TPSA) is 66.8 Å². The Morgan fingerprint density at radius 2 is 1.84 bits per heavy atom. The average molecular weight is 287 g/mol. The summed E-state index contributed by atoms with van der Waals surface area (Å²) in [6, 6.07) is 6.26. The summed E-state index contributed by atoms with van der Waals surface area (Å²) in [6.45, 7) is 4.87. The monoisotopic (exact) mass is 287 g/mol. The first kappa shape index (κ1) is 15.9. The molecule has 0 saturated heterocycles. The summed E-state index contributed by atoms with van der Waals surface area (Å²) < 4.78 is 31.3. The van der Waals surface area contributed by atoms with Crippen LogP contribution in [0.2, 0.25) is 0 Å². The van der Waals surface area contributed by atoms with Crippen LogP contribution in [0.15, 0.2) is 29.2 Å². The molecule has 0 saturated carbocycles. The van der Waals surface area contributed by atoms with E-state index in [1.807, 2.05) is 13.8 Å². The zero-order valence-corrected chi connectivity index (χ0v) is 12.2. The molecule has 0 aliphatic heterocycles. The molecule has 0 aromatic heterocycles. The molecule has 0 fully saturated rings. The fourth-order valence-electron chi connectivity index (χ4n) is 1.72. The summed E-state index contributed by atoms with van der Waals surface area (Å²) in [6.07, 6.45) is 0.783. The molecule has 0 aliphatic carbocycles. The van der Waals surface area contributed by atoms with Gasteiger partial charge < -0.3 is 9.84 Å². The maximum atomic E-state index is 12.3. The molecule has 1 aromatic carbocycles. The van der Waals surface area contributed by atoms with E-state index in [0.717, 1.165) is 6.42 Å². The van der Waals surface area contributed by atoms with Gasteiger partial charge in [-0.3, -0.25) is 0 Å². The third kappa shape index (κ3) is 4.19. The molecule has 0 aliphatic rings. The molecule has 1 aromatic rings. The summed E-state index contributed by atoms with van der Waals surface area (Å²) in [4.78, 5) is 0.263. The summed E-state index contributed by atoms with van der Waals surface area (Å²) >= 11 is 0. The Morgan fingerprint density at radius 1 is 1.21 bits per heavy atom. The molecule has 0 atom stereocenters. The minimum Gasteiger partial charge on any atom is -0.491 e. The molecule has 0 radical (unpaired) electrons. The van der Waals surface area contributed by atoms with Gasteiger partial charge in [-0.25, -0.2) is 8.42 Å². The summed E-state index contributed by atoms with van der Waals surface area (Å²) in [5, 5.41) is 8.65. The van der Waals surface area contributed by atoms with Crippen LogP contribution < -0.4 is 4.74 Å². The van der Waals surface area contributed by atoms with Crippen LogP contribution in [-0.4, -0.2) is 44.1 Å². The fourth-order valence-corrected chi connectivity index (χ4v) is 3.26. The van der Waals surface area contributed by atoms with Gasteiger partial charge in [0.25, 0.3) is 0 Å². The smallest absolute Gasteiger partial charge is 0.243 e. The lowest BCUT2D eigenvalue weighted by Crippen LogP contribution is -2.31. The molecule has 5 nitrogen and oxygen atoms in total. The first-order valence-electron chi connectivity index (χ1n) is 6.40. The number of ether oxygens (including phenoxy) is 1. The number of nitrogens with zero attached hydrogens (tertiary/aromatic N) is 1. The van der Waals surface area contributed by atoms with Gasteiger partial charge in [-0.1, -0.05) is 13.8 Å². The lowest BCUT2D eigenvalue weighted by Gasteiger charge is -2.19. The first-order valence-corrected chi connectivity index (χ1v) is 7.84. The van der Waals surface area contributed by atoms with Crippen LogP contribution in [-0.2, 0) is 10.0 Å². The first-order chi connectivity index (χ1) is 9.06. The molecule has 6 heteroatoms. The van der Waals surface area contributed by atoms with Gasteiger partial charge in [-0.15, -0.1) is 0 Å². The Bertz CT molecular complexity index is 470. The molecular formula is C13H21NO4S. The quantitative estimate of drug-likeness (QED) is 0.786. The largest absolute Gasteiger partial charge is 0.491 e. The third-order valence-corrected chi connectivity index (χ3v) is 4.64. The number of aliphatic hydroxyl groups excluding tert-OH is 1. The third-order valence-electron chi connectivity index (χ3n) is 2.65. The van der Waals surface area contributed by atoms with Crippen molar-refractivity contribution < 1.29 is 18.3 Å².